The van der Waals surface area contributed by atoms with Crippen LogP contribution in [0.3, 0.4) is 0 Å². The quantitative estimate of drug-likeness (QED) is 0.909. The summed E-state index contributed by atoms with van der Waals surface area (Å²) in [5.74, 6) is 0. The van der Waals surface area contributed by atoms with Crippen molar-refractivity contribution >= 4 is 27.7 Å². The summed E-state index contributed by atoms with van der Waals surface area (Å²) in [4.78, 5) is 1.39. The van der Waals surface area contributed by atoms with Crippen LogP contribution in [0.25, 0.3) is 0 Å². The summed E-state index contributed by atoms with van der Waals surface area (Å²) < 4.78 is 1.16. The summed E-state index contributed by atoms with van der Waals surface area (Å²) in [7, 11) is 2.07. The highest BCUT2D eigenvalue weighted by molar-refractivity contribution is 9.10. The van der Waals surface area contributed by atoms with Gasteiger partial charge in [-0.05, 0) is 50.6 Å². The van der Waals surface area contributed by atoms with Crippen LogP contribution in [0, 0.1) is 0 Å². The van der Waals surface area contributed by atoms with E-state index in [0.29, 0.717) is 0 Å². The first-order valence-corrected chi connectivity index (χ1v) is 7.04. The fourth-order valence-corrected chi connectivity index (χ4v) is 3.54. The maximum atomic E-state index is 3.46. The molecule has 1 fully saturated rings. The lowest BCUT2D eigenvalue weighted by molar-refractivity contribution is 0.583. The molecule has 82 valence electrons. The molecule has 0 radical (unpaired) electrons. The fraction of sp³-hybridized carbons (Fsp3) is 0.500. The summed E-state index contributed by atoms with van der Waals surface area (Å²) in [6.45, 7) is 0. The summed E-state index contributed by atoms with van der Waals surface area (Å²) >= 11 is 5.48. The molecule has 1 N–H and O–H groups in total. The van der Waals surface area contributed by atoms with Crippen LogP contribution >= 0.6 is 27.7 Å². The SMILES string of the molecule is CNC1CCC(Sc2ccc(Br)cc2)C1. The van der Waals surface area contributed by atoms with Gasteiger partial charge in [-0.3, -0.25) is 0 Å². The number of rotatable bonds is 3. The smallest absolute Gasteiger partial charge is 0.0176 e. The second kappa shape index (κ2) is 5.37. The molecule has 2 rings (SSSR count). The zero-order valence-corrected chi connectivity index (χ0v) is 11.3. The zero-order valence-electron chi connectivity index (χ0n) is 8.87. The third-order valence-electron chi connectivity index (χ3n) is 2.91. The second-order valence-corrected chi connectivity index (χ2v) is 6.28. The van der Waals surface area contributed by atoms with Crippen molar-refractivity contribution < 1.29 is 0 Å². The van der Waals surface area contributed by atoms with Crippen LogP contribution in [0.15, 0.2) is 33.6 Å². The molecule has 0 aromatic heterocycles. The van der Waals surface area contributed by atoms with Crippen LogP contribution in [-0.2, 0) is 0 Å². The van der Waals surface area contributed by atoms with Crippen molar-refractivity contribution in [1.29, 1.82) is 0 Å². The third-order valence-corrected chi connectivity index (χ3v) is 4.74. The molecule has 15 heavy (non-hydrogen) atoms. The molecule has 0 saturated heterocycles. The summed E-state index contributed by atoms with van der Waals surface area (Å²) in [6, 6.07) is 9.36. The van der Waals surface area contributed by atoms with Crippen LogP contribution in [-0.4, -0.2) is 18.3 Å². The number of nitrogens with one attached hydrogen (secondary N) is 1. The molecule has 1 aliphatic carbocycles. The average Bonchev–Trinajstić information content (AvgIpc) is 2.69. The largest absolute Gasteiger partial charge is 0.317 e. The van der Waals surface area contributed by atoms with E-state index in [-0.39, 0.29) is 0 Å². The average molecular weight is 286 g/mol. The standard InChI is InChI=1S/C12H16BrNS/c1-14-10-4-7-12(8-10)15-11-5-2-9(13)3-6-11/h2-3,5-6,10,12,14H,4,7-8H2,1H3. The lowest BCUT2D eigenvalue weighted by atomic mass is 10.3. The van der Waals surface area contributed by atoms with Crippen LogP contribution in [0.2, 0.25) is 0 Å². The van der Waals surface area contributed by atoms with Crippen LogP contribution in [0.5, 0.6) is 0 Å². The molecule has 0 bridgehead atoms. The maximum Gasteiger partial charge on any atom is 0.0176 e. The molecule has 2 unspecified atom stereocenters. The van der Waals surface area contributed by atoms with E-state index in [1.54, 1.807) is 0 Å². The molecule has 0 aliphatic heterocycles. The van der Waals surface area contributed by atoms with Crippen molar-refractivity contribution in [2.24, 2.45) is 0 Å². The predicted molar refractivity (Wildman–Crippen MR) is 70.5 cm³/mol. The van der Waals surface area contributed by atoms with Gasteiger partial charge in [0, 0.05) is 20.7 Å². The minimum Gasteiger partial charge on any atom is -0.317 e. The van der Waals surface area contributed by atoms with Crippen LogP contribution in [0.4, 0.5) is 0 Å². The van der Waals surface area contributed by atoms with Crippen LogP contribution < -0.4 is 5.32 Å². The Balaban J connectivity index is 1.90. The van der Waals surface area contributed by atoms with Crippen molar-refractivity contribution in [3.63, 3.8) is 0 Å². The summed E-state index contributed by atoms with van der Waals surface area (Å²) in [5.41, 5.74) is 0. The monoisotopic (exact) mass is 285 g/mol. The van der Waals surface area contributed by atoms with Crippen molar-refractivity contribution in [2.45, 2.75) is 35.4 Å². The van der Waals surface area contributed by atoms with Gasteiger partial charge in [0.2, 0.25) is 0 Å². The molecule has 0 spiro atoms. The molecule has 1 saturated carbocycles. The van der Waals surface area contributed by atoms with Crippen molar-refractivity contribution in [3.8, 4) is 0 Å². The van der Waals surface area contributed by atoms with Gasteiger partial charge in [0.1, 0.15) is 0 Å². The molecule has 0 amide bonds. The fourth-order valence-electron chi connectivity index (χ4n) is 2.01. The first kappa shape index (κ1) is 11.5. The Morgan fingerprint density at radius 3 is 2.60 bits per heavy atom. The van der Waals surface area contributed by atoms with Gasteiger partial charge < -0.3 is 5.32 Å². The molecular weight excluding hydrogens is 270 g/mol. The minimum atomic E-state index is 0.734. The van der Waals surface area contributed by atoms with Gasteiger partial charge in [0.05, 0.1) is 0 Å². The Morgan fingerprint density at radius 1 is 1.27 bits per heavy atom. The molecule has 2 atom stereocenters. The van der Waals surface area contributed by atoms with Gasteiger partial charge in [-0.1, -0.05) is 15.9 Å². The minimum absolute atomic E-state index is 0.734. The van der Waals surface area contributed by atoms with E-state index in [1.165, 1.54) is 24.2 Å². The van der Waals surface area contributed by atoms with Gasteiger partial charge >= 0.3 is 0 Å². The first-order valence-electron chi connectivity index (χ1n) is 5.37. The summed E-state index contributed by atoms with van der Waals surface area (Å²) in [5, 5.41) is 4.16. The highest BCUT2D eigenvalue weighted by Crippen LogP contribution is 2.35. The van der Waals surface area contributed by atoms with Gasteiger partial charge in [-0.2, -0.15) is 0 Å². The lowest BCUT2D eigenvalue weighted by Crippen LogP contribution is -2.21. The zero-order chi connectivity index (χ0) is 10.7. The highest BCUT2D eigenvalue weighted by atomic mass is 79.9. The molecule has 3 heteroatoms. The number of hydrogen-bond acceptors (Lipinski definition) is 2. The van der Waals surface area contributed by atoms with Gasteiger partial charge in [-0.15, -0.1) is 11.8 Å². The lowest BCUT2D eigenvalue weighted by Gasteiger charge is -2.10. The van der Waals surface area contributed by atoms with E-state index < -0.39 is 0 Å². The third kappa shape index (κ3) is 3.23. The number of halogens is 1. The molecule has 1 aromatic rings. The van der Waals surface area contributed by atoms with E-state index in [9.17, 15) is 0 Å². The number of hydrogen-bond donors (Lipinski definition) is 1. The van der Waals surface area contributed by atoms with Crippen molar-refractivity contribution in [3.05, 3.63) is 28.7 Å². The van der Waals surface area contributed by atoms with E-state index in [2.05, 4.69) is 52.6 Å². The van der Waals surface area contributed by atoms with E-state index >= 15 is 0 Å². The number of thioether (sulfide) groups is 1. The predicted octanol–water partition coefficient (Wildman–Crippen LogP) is 3.68. The van der Waals surface area contributed by atoms with Crippen LogP contribution in [0.1, 0.15) is 19.3 Å². The highest BCUT2D eigenvalue weighted by Gasteiger charge is 2.23. The normalized spacial score (nSPS) is 25.7. The molecule has 1 nitrogen and oxygen atoms in total. The summed E-state index contributed by atoms with van der Waals surface area (Å²) in [6.07, 6.45) is 3.97. The Bertz CT molecular complexity index is 312. The van der Waals surface area contributed by atoms with Gasteiger partial charge in [0.15, 0.2) is 0 Å². The molecular formula is C12H16BrNS. The Morgan fingerprint density at radius 2 is 2.00 bits per heavy atom. The second-order valence-electron chi connectivity index (χ2n) is 3.99. The first-order chi connectivity index (χ1) is 7.28. The van der Waals surface area contributed by atoms with E-state index in [0.717, 1.165) is 15.8 Å². The molecule has 0 heterocycles. The van der Waals surface area contributed by atoms with Crippen molar-refractivity contribution in [2.75, 3.05) is 7.05 Å². The van der Waals surface area contributed by atoms with Gasteiger partial charge in [0.25, 0.3) is 0 Å². The Labute approximate surface area is 104 Å². The van der Waals surface area contributed by atoms with Gasteiger partial charge in [-0.25, -0.2) is 0 Å². The maximum absolute atomic E-state index is 3.46. The topological polar surface area (TPSA) is 12.0 Å². The molecule has 1 aromatic carbocycles. The Hall–Kier alpha value is 0.01000. The van der Waals surface area contributed by atoms with E-state index in [4.69, 9.17) is 0 Å². The molecule has 1 aliphatic rings. The Kier molecular flexibility index (Phi) is 4.12. The van der Waals surface area contributed by atoms with Crippen molar-refractivity contribution in [1.82, 2.24) is 5.32 Å². The number of benzene rings is 1. The van der Waals surface area contributed by atoms with E-state index in [1.807, 2.05) is 11.8 Å².